The SMILES string of the molecule is CNc1cnc(C(=O)N2CC[C@](COc3cccc(C)c3)(OC)C2)nc1. The summed E-state index contributed by atoms with van der Waals surface area (Å²) in [6.07, 6.45) is 3.90. The molecule has 3 rings (SSSR count). The number of hydrogen-bond donors (Lipinski definition) is 1. The lowest BCUT2D eigenvalue weighted by molar-refractivity contribution is -0.0343. The summed E-state index contributed by atoms with van der Waals surface area (Å²) in [6.45, 7) is 3.44. The highest BCUT2D eigenvalue weighted by Gasteiger charge is 2.41. The number of rotatable bonds is 6. The summed E-state index contributed by atoms with van der Waals surface area (Å²) in [7, 11) is 3.44. The number of methoxy groups -OCH3 is 1. The van der Waals surface area contributed by atoms with E-state index in [1.807, 2.05) is 31.2 Å². The number of carbonyl (C=O) groups is 1. The highest BCUT2D eigenvalue weighted by atomic mass is 16.5. The molecular formula is C19H24N4O3. The van der Waals surface area contributed by atoms with Crippen LogP contribution in [0, 0.1) is 6.92 Å². The predicted molar refractivity (Wildman–Crippen MR) is 98.5 cm³/mol. The zero-order chi connectivity index (χ0) is 18.6. The molecule has 1 aromatic carbocycles. The Bertz CT molecular complexity index is 766. The van der Waals surface area contributed by atoms with Gasteiger partial charge in [-0.2, -0.15) is 0 Å². The van der Waals surface area contributed by atoms with E-state index in [0.29, 0.717) is 26.1 Å². The molecule has 138 valence electrons. The van der Waals surface area contributed by atoms with Gasteiger partial charge in [-0.05, 0) is 31.0 Å². The average molecular weight is 356 g/mol. The lowest BCUT2D eigenvalue weighted by atomic mass is 10.0. The first-order valence-electron chi connectivity index (χ1n) is 8.59. The second-order valence-electron chi connectivity index (χ2n) is 6.51. The molecule has 7 nitrogen and oxygen atoms in total. The number of amides is 1. The molecule has 0 unspecified atom stereocenters. The molecule has 2 aromatic rings. The number of aryl methyl sites for hydroxylation is 1. The standard InChI is InChI=1S/C19H24N4O3/c1-14-5-4-6-16(9-14)26-13-19(25-3)7-8-23(12-19)18(24)17-21-10-15(20-2)11-22-17/h4-6,9-11,20H,7-8,12-13H2,1-3H3/t19-/m0/s1. The molecule has 1 amide bonds. The monoisotopic (exact) mass is 356 g/mol. The normalized spacial score (nSPS) is 19.4. The van der Waals surface area contributed by atoms with Crippen LogP contribution in [0.1, 0.15) is 22.6 Å². The van der Waals surface area contributed by atoms with Gasteiger partial charge in [0.05, 0.1) is 24.6 Å². The smallest absolute Gasteiger partial charge is 0.291 e. The Morgan fingerprint density at radius 2 is 2.12 bits per heavy atom. The minimum Gasteiger partial charge on any atom is -0.491 e. The quantitative estimate of drug-likeness (QED) is 0.855. The van der Waals surface area contributed by atoms with Crippen LogP contribution in [-0.2, 0) is 4.74 Å². The van der Waals surface area contributed by atoms with Crippen LogP contribution in [0.3, 0.4) is 0 Å². The molecule has 1 saturated heterocycles. The summed E-state index contributed by atoms with van der Waals surface area (Å²) in [5.41, 5.74) is 1.38. The van der Waals surface area contributed by atoms with Gasteiger partial charge in [0.2, 0.25) is 5.82 Å². The van der Waals surface area contributed by atoms with Crippen LogP contribution in [0.25, 0.3) is 0 Å². The Morgan fingerprint density at radius 3 is 2.77 bits per heavy atom. The fraction of sp³-hybridized carbons (Fsp3) is 0.421. The zero-order valence-electron chi connectivity index (χ0n) is 15.4. The van der Waals surface area contributed by atoms with E-state index in [2.05, 4.69) is 15.3 Å². The minimum absolute atomic E-state index is 0.190. The molecule has 1 fully saturated rings. The molecule has 7 heteroatoms. The summed E-state index contributed by atoms with van der Waals surface area (Å²) < 4.78 is 11.7. The number of anilines is 1. The van der Waals surface area contributed by atoms with E-state index >= 15 is 0 Å². The highest BCUT2D eigenvalue weighted by molar-refractivity contribution is 5.90. The molecular weight excluding hydrogens is 332 g/mol. The molecule has 0 aliphatic carbocycles. The van der Waals surface area contributed by atoms with Gasteiger partial charge in [0.1, 0.15) is 18.0 Å². The number of hydrogen-bond acceptors (Lipinski definition) is 6. The molecule has 1 aliphatic heterocycles. The van der Waals surface area contributed by atoms with Gasteiger partial charge >= 0.3 is 0 Å². The van der Waals surface area contributed by atoms with Gasteiger partial charge in [-0.25, -0.2) is 9.97 Å². The lowest BCUT2D eigenvalue weighted by Crippen LogP contribution is -2.42. The topological polar surface area (TPSA) is 76.6 Å². The van der Waals surface area contributed by atoms with Crippen LogP contribution in [0.4, 0.5) is 5.69 Å². The third kappa shape index (κ3) is 3.94. The minimum atomic E-state index is -0.523. The largest absolute Gasteiger partial charge is 0.491 e. The van der Waals surface area contributed by atoms with E-state index in [-0.39, 0.29) is 11.7 Å². The Morgan fingerprint density at radius 1 is 1.35 bits per heavy atom. The van der Waals surface area contributed by atoms with Gasteiger partial charge in [0, 0.05) is 20.7 Å². The number of nitrogens with one attached hydrogen (secondary N) is 1. The molecule has 0 saturated carbocycles. The van der Waals surface area contributed by atoms with Crippen molar-refractivity contribution in [2.45, 2.75) is 18.9 Å². The van der Waals surface area contributed by atoms with Crippen LogP contribution >= 0.6 is 0 Å². The summed E-state index contributed by atoms with van der Waals surface area (Å²) in [5.74, 6) is 0.801. The van der Waals surface area contributed by atoms with Crippen molar-refractivity contribution >= 4 is 11.6 Å². The maximum Gasteiger partial charge on any atom is 0.291 e. The molecule has 0 bridgehead atoms. The van der Waals surface area contributed by atoms with E-state index in [9.17, 15) is 4.79 Å². The Labute approximate surface area is 153 Å². The summed E-state index contributed by atoms with van der Waals surface area (Å²) >= 11 is 0. The van der Waals surface area contributed by atoms with Gasteiger partial charge in [0.15, 0.2) is 0 Å². The van der Waals surface area contributed by atoms with Crippen molar-refractivity contribution in [2.75, 3.05) is 39.2 Å². The van der Waals surface area contributed by atoms with Crippen molar-refractivity contribution in [2.24, 2.45) is 0 Å². The summed E-state index contributed by atoms with van der Waals surface area (Å²) in [5, 5.41) is 2.93. The van der Waals surface area contributed by atoms with Gasteiger partial charge < -0.3 is 19.7 Å². The van der Waals surface area contributed by atoms with Crippen molar-refractivity contribution in [3.63, 3.8) is 0 Å². The Balaban J connectivity index is 1.64. The first-order chi connectivity index (χ1) is 12.5. The van der Waals surface area contributed by atoms with E-state index in [1.54, 1.807) is 31.5 Å². The van der Waals surface area contributed by atoms with Gasteiger partial charge in [-0.3, -0.25) is 4.79 Å². The fourth-order valence-electron chi connectivity index (χ4n) is 2.99. The van der Waals surface area contributed by atoms with Crippen molar-refractivity contribution in [1.29, 1.82) is 0 Å². The number of likely N-dealkylation sites (tertiary alicyclic amines) is 1. The fourth-order valence-corrected chi connectivity index (χ4v) is 2.99. The van der Waals surface area contributed by atoms with Gasteiger partial charge in [0.25, 0.3) is 5.91 Å². The molecule has 2 heterocycles. The maximum absolute atomic E-state index is 12.7. The summed E-state index contributed by atoms with van der Waals surface area (Å²) in [6, 6.07) is 7.89. The number of ether oxygens (including phenoxy) is 2. The predicted octanol–water partition coefficient (Wildman–Crippen LogP) is 2.14. The second kappa shape index (κ2) is 7.70. The van der Waals surface area contributed by atoms with E-state index in [0.717, 1.165) is 17.0 Å². The highest BCUT2D eigenvalue weighted by Crippen LogP contribution is 2.27. The maximum atomic E-state index is 12.7. The van der Waals surface area contributed by atoms with Gasteiger partial charge in [-0.15, -0.1) is 0 Å². The van der Waals surface area contributed by atoms with Crippen LogP contribution in [0.5, 0.6) is 5.75 Å². The average Bonchev–Trinajstić information content (AvgIpc) is 3.11. The number of aromatic nitrogens is 2. The molecule has 1 aliphatic rings. The number of benzene rings is 1. The van der Waals surface area contributed by atoms with Crippen molar-refractivity contribution < 1.29 is 14.3 Å². The molecule has 0 radical (unpaired) electrons. The van der Waals surface area contributed by atoms with E-state index in [4.69, 9.17) is 9.47 Å². The van der Waals surface area contributed by atoms with Gasteiger partial charge in [-0.1, -0.05) is 12.1 Å². The number of nitrogens with zero attached hydrogens (tertiary/aromatic N) is 3. The van der Waals surface area contributed by atoms with Crippen LogP contribution in [0.2, 0.25) is 0 Å². The van der Waals surface area contributed by atoms with E-state index < -0.39 is 5.60 Å². The Kier molecular flexibility index (Phi) is 5.37. The van der Waals surface area contributed by atoms with Crippen molar-refractivity contribution in [3.8, 4) is 5.75 Å². The lowest BCUT2D eigenvalue weighted by Gasteiger charge is -2.27. The molecule has 0 spiro atoms. The molecule has 1 atom stereocenters. The zero-order valence-corrected chi connectivity index (χ0v) is 15.4. The molecule has 26 heavy (non-hydrogen) atoms. The molecule has 1 N–H and O–H groups in total. The van der Waals surface area contributed by atoms with Crippen LogP contribution < -0.4 is 10.1 Å². The Hall–Kier alpha value is -2.67. The number of carbonyl (C=O) groups excluding carboxylic acids is 1. The summed E-state index contributed by atoms with van der Waals surface area (Å²) in [4.78, 5) is 22.6. The van der Waals surface area contributed by atoms with Crippen LogP contribution in [0.15, 0.2) is 36.7 Å². The first-order valence-corrected chi connectivity index (χ1v) is 8.59. The first kappa shape index (κ1) is 18.1. The molecule has 1 aromatic heterocycles. The van der Waals surface area contributed by atoms with Crippen LogP contribution in [-0.4, -0.2) is 60.2 Å². The van der Waals surface area contributed by atoms with Crippen molar-refractivity contribution in [1.82, 2.24) is 14.9 Å². The van der Waals surface area contributed by atoms with E-state index in [1.165, 1.54) is 0 Å². The third-order valence-corrected chi connectivity index (χ3v) is 4.66. The van der Waals surface area contributed by atoms with Crippen molar-refractivity contribution in [3.05, 3.63) is 48.0 Å². The third-order valence-electron chi connectivity index (χ3n) is 4.66. The second-order valence-corrected chi connectivity index (χ2v) is 6.51.